The summed E-state index contributed by atoms with van der Waals surface area (Å²) in [6, 6.07) is 11.5. The third-order valence-corrected chi connectivity index (χ3v) is 3.43. The first-order chi connectivity index (χ1) is 11.5. The Kier molecular flexibility index (Phi) is 8.77. The minimum absolute atomic E-state index is 0. The summed E-state index contributed by atoms with van der Waals surface area (Å²) in [4.78, 5) is 6.47. The highest BCUT2D eigenvalue weighted by Crippen LogP contribution is 2.19. The van der Waals surface area contributed by atoms with E-state index in [0.717, 1.165) is 17.2 Å². The summed E-state index contributed by atoms with van der Waals surface area (Å²) in [5.41, 5.74) is 6.85. The Bertz CT molecular complexity index is 640. The summed E-state index contributed by atoms with van der Waals surface area (Å²) in [7, 11) is 3.97. The van der Waals surface area contributed by atoms with Crippen LogP contribution in [-0.4, -0.2) is 37.6 Å². The fourth-order valence-corrected chi connectivity index (χ4v) is 2.25. The highest BCUT2D eigenvalue weighted by molar-refractivity contribution is 14.0. The van der Waals surface area contributed by atoms with E-state index in [4.69, 9.17) is 14.9 Å². The molecule has 7 heteroatoms. The molecule has 0 fully saturated rings. The lowest BCUT2D eigenvalue weighted by Gasteiger charge is -2.20. The van der Waals surface area contributed by atoms with Crippen molar-refractivity contribution in [1.29, 1.82) is 0 Å². The number of nitrogens with zero attached hydrogens (tertiary/aromatic N) is 2. The second-order valence-electron chi connectivity index (χ2n) is 6.04. The average Bonchev–Trinajstić information content (AvgIpc) is 3.02. The van der Waals surface area contributed by atoms with Crippen molar-refractivity contribution in [1.82, 2.24) is 4.90 Å². The Labute approximate surface area is 166 Å². The van der Waals surface area contributed by atoms with Crippen LogP contribution in [0.5, 0.6) is 5.75 Å². The van der Waals surface area contributed by atoms with Gasteiger partial charge in [-0.15, -0.1) is 24.0 Å². The van der Waals surface area contributed by atoms with Crippen LogP contribution < -0.4 is 15.8 Å². The largest absolute Gasteiger partial charge is 0.491 e. The molecule has 0 bridgehead atoms. The zero-order valence-corrected chi connectivity index (χ0v) is 17.4. The Morgan fingerprint density at radius 2 is 1.92 bits per heavy atom. The Balaban J connectivity index is 0.00000312. The number of halogens is 1. The first kappa shape index (κ1) is 21.3. The van der Waals surface area contributed by atoms with Gasteiger partial charge in [-0.05, 0) is 64.3 Å². The topological polar surface area (TPSA) is 76.0 Å². The molecule has 0 aliphatic rings. The normalized spacial score (nSPS) is 12.8. The van der Waals surface area contributed by atoms with Crippen molar-refractivity contribution in [3.63, 3.8) is 0 Å². The molecule has 1 aromatic heterocycles. The van der Waals surface area contributed by atoms with Crippen LogP contribution in [0.4, 0.5) is 5.69 Å². The van der Waals surface area contributed by atoms with Gasteiger partial charge in [0.2, 0.25) is 0 Å². The molecule has 138 valence electrons. The van der Waals surface area contributed by atoms with Gasteiger partial charge in [0.25, 0.3) is 0 Å². The minimum atomic E-state index is 0. The van der Waals surface area contributed by atoms with Gasteiger partial charge in [0.1, 0.15) is 11.5 Å². The molecule has 0 radical (unpaired) electrons. The molecule has 1 aromatic carbocycles. The number of guanidine groups is 1. The number of aliphatic imine (C=N–C) groups is 1. The van der Waals surface area contributed by atoms with Gasteiger partial charge in [0.05, 0.1) is 25.0 Å². The van der Waals surface area contributed by atoms with E-state index in [2.05, 4.69) is 10.3 Å². The standard InChI is InChI=1S/C18H26N4O2.HI/c1-13(2)24-15-9-7-14(8-10-15)21-18(19)20-12-16(22(3)4)17-6-5-11-23-17;/h5-11,13,16H,12H2,1-4H3,(H3,19,20,21);1H. The number of rotatable bonds is 7. The fraction of sp³-hybridized carbons (Fsp3) is 0.389. The van der Waals surface area contributed by atoms with Gasteiger partial charge in [0, 0.05) is 5.69 Å². The van der Waals surface area contributed by atoms with Crippen molar-refractivity contribution < 1.29 is 9.15 Å². The highest BCUT2D eigenvalue weighted by atomic mass is 127. The SMILES string of the molecule is CC(C)Oc1ccc(NC(N)=NCC(c2ccco2)N(C)C)cc1.I. The summed E-state index contributed by atoms with van der Waals surface area (Å²) in [5, 5.41) is 3.09. The molecule has 2 aromatic rings. The van der Waals surface area contributed by atoms with E-state index in [1.165, 1.54) is 0 Å². The van der Waals surface area contributed by atoms with Crippen LogP contribution in [0.15, 0.2) is 52.1 Å². The van der Waals surface area contributed by atoms with Crippen molar-refractivity contribution in [3.05, 3.63) is 48.4 Å². The quantitative estimate of drug-likeness (QED) is 0.376. The van der Waals surface area contributed by atoms with Gasteiger partial charge in [-0.3, -0.25) is 9.89 Å². The number of hydrogen-bond acceptors (Lipinski definition) is 4. The summed E-state index contributed by atoms with van der Waals surface area (Å²) < 4.78 is 11.1. The van der Waals surface area contributed by atoms with Crippen LogP contribution in [0.3, 0.4) is 0 Å². The second kappa shape index (κ2) is 10.3. The van der Waals surface area contributed by atoms with Gasteiger partial charge in [-0.1, -0.05) is 0 Å². The van der Waals surface area contributed by atoms with E-state index in [1.807, 2.05) is 69.2 Å². The predicted octanol–water partition coefficient (Wildman–Crippen LogP) is 3.71. The van der Waals surface area contributed by atoms with Gasteiger partial charge in [-0.2, -0.15) is 0 Å². The lowest BCUT2D eigenvalue weighted by molar-refractivity contribution is 0.242. The molecule has 0 amide bonds. The van der Waals surface area contributed by atoms with Crippen molar-refractivity contribution in [3.8, 4) is 5.75 Å². The number of likely N-dealkylation sites (N-methyl/N-ethyl adjacent to an activating group) is 1. The summed E-state index contributed by atoms with van der Waals surface area (Å²) in [6.07, 6.45) is 1.82. The highest BCUT2D eigenvalue weighted by Gasteiger charge is 2.16. The first-order valence-electron chi connectivity index (χ1n) is 7.99. The van der Waals surface area contributed by atoms with E-state index < -0.39 is 0 Å². The van der Waals surface area contributed by atoms with Crippen LogP contribution in [0.25, 0.3) is 0 Å². The van der Waals surface area contributed by atoms with Crippen LogP contribution in [-0.2, 0) is 0 Å². The van der Waals surface area contributed by atoms with Crippen molar-refractivity contribution in [2.45, 2.75) is 26.0 Å². The van der Waals surface area contributed by atoms with E-state index in [0.29, 0.717) is 12.5 Å². The molecule has 25 heavy (non-hydrogen) atoms. The molecule has 2 rings (SSSR count). The van der Waals surface area contributed by atoms with E-state index in [-0.39, 0.29) is 36.1 Å². The van der Waals surface area contributed by atoms with Crippen molar-refractivity contribution in [2.75, 3.05) is 26.0 Å². The lowest BCUT2D eigenvalue weighted by Crippen LogP contribution is -2.27. The first-order valence-corrected chi connectivity index (χ1v) is 7.99. The molecule has 6 nitrogen and oxygen atoms in total. The Morgan fingerprint density at radius 3 is 2.44 bits per heavy atom. The molecule has 0 aliphatic carbocycles. The van der Waals surface area contributed by atoms with E-state index >= 15 is 0 Å². The third-order valence-electron chi connectivity index (χ3n) is 3.43. The molecular weight excluding hydrogens is 431 g/mol. The molecule has 1 unspecified atom stereocenters. The Morgan fingerprint density at radius 1 is 1.24 bits per heavy atom. The van der Waals surface area contributed by atoms with Gasteiger partial charge < -0.3 is 20.2 Å². The monoisotopic (exact) mass is 458 g/mol. The maximum atomic E-state index is 5.98. The van der Waals surface area contributed by atoms with Crippen molar-refractivity contribution >= 4 is 35.6 Å². The summed E-state index contributed by atoms with van der Waals surface area (Å²) >= 11 is 0. The molecule has 3 N–H and O–H groups in total. The smallest absolute Gasteiger partial charge is 0.193 e. The van der Waals surface area contributed by atoms with Crippen molar-refractivity contribution in [2.24, 2.45) is 10.7 Å². The fourth-order valence-electron chi connectivity index (χ4n) is 2.25. The van der Waals surface area contributed by atoms with Crippen LogP contribution in [0.2, 0.25) is 0 Å². The number of benzene rings is 1. The summed E-state index contributed by atoms with van der Waals surface area (Å²) in [6.45, 7) is 4.50. The predicted molar refractivity (Wildman–Crippen MR) is 113 cm³/mol. The van der Waals surface area contributed by atoms with Crippen LogP contribution in [0, 0.1) is 0 Å². The zero-order valence-electron chi connectivity index (χ0n) is 15.1. The maximum Gasteiger partial charge on any atom is 0.193 e. The number of nitrogens with two attached hydrogens (primary N) is 1. The molecule has 0 spiro atoms. The number of nitrogens with one attached hydrogen (secondary N) is 1. The maximum absolute atomic E-state index is 5.98. The molecule has 0 aliphatic heterocycles. The van der Waals surface area contributed by atoms with E-state index in [9.17, 15) is 0 Å². The zero-order chi connectivity index (χ0) is 17.5. The van der Waals surface area contributed by atoms with Crippen LogP contribution in [0.1, 0.15) is 25.6 Å². The van der Waals surface area contributed by atoms with Crippen LogP contribution >= 0.6 is 24.0 Å². The number of anilines is 1. The molecular formula is C18H27IN4O2. The van der Waals surface area contributed by atoms with E-state index in [1.54, 1.807) is 6.26 Å². The molecule has 0 saturated heterocycles. The molecule has 0 saturated carbocycles. The van der Waals surface area contributed by atoms with Gasteiger partial charge in [0.15, 0.2) is 5.96 Å². The number of ether oxygens (including phenoxy) is 1. The average molecular weight is 458 g/mol. The van der Waals surface area contributed by atoms with Gasteiger partial charge in [-0.25, -0.2) is 0 Å². The molecule has 1 heterocycles. The second-order valence-corrected chi connectivity index (χ2v) is 6.04. The minimum Gasteiger partial charge on any atom is -0.491 e. The summed E-state index contributed by atoms with van der Waals surface area (Å²) in [5.74, 6) is 2.06. The molecule has 1 atom stereocenters. The number of hydrogen-bond donors (Lipinski definition) is 2. The number of furan rings is 1. The third kappa shape index (κ3) is 6.95. The van der Waals surface area contributed by atoms with Gasteiger partial charge >= 0.3 is 0 Å². The Hall–Kier alpha value is -1.74. The lowest BCUT2D eigenvalue weighted by atomic mass is 10.2.